The molecule has 5 rings (SSSR count). The van der Waals surface area contributed by atoms with Gasteiger partial charge in [0.1, 0.15) is 0 Å². The lowest BCUT2D eigenvalue weighted by atomic mass is 9.77. The molecule has 188 valence electrons. The summed E-state index contributed by atoms with van der Waals surface area (Å²) in [5, 5.41) is 3.70. The first-order chi connectivity index (χ1) is 17.1. The van der Waals surface area contributed by atoms with Gasteiger partial charge in [0, 0.05) is 22.9 Å². The first-order valence-electron chi connectivity index (χ1n) is 12.8. The summed E-state index contributed by atoms with van der Waals surface area (Å²) in [5.41, 5.74) is 6.75. The molecule has 2 aliphatic rings. The highest BCUT2D eigenvalue weighted by Crippen LogP contribution is 2.53. The minimum absolute atomic E-state index is 0.0234. The number of benzene rings is 3. The molecule has 0 amide bonds. The van der Waals surface area contributed by atoms with E-state index < -0.39 is 10.0 Å². The Hall–Kier alpha value is -3.12. The maximum atomic E-state index is 13.2. The molecule has 0 aromatic heterocycles. The molecule has 1 aliphatic carbocycles. The van der Waals surface area contributed by atoms with Gasteiger partial charge in [-0.2, -0.15) is 0 Å². The van der Waals surface area contributed by atoms with Gasteiger partial charge in [-0.15, -0.1) is 0 Å². The van der Waals surface area contributed by atoms with Crippen molar-refractivity contribution in [1.82, 2.24) is 0 Å². The molecule has 5 nitrogen and oxygen atoms in total. The quantitative estimate of drug-likeness (QED) is 0.356. The van der Waals surface area contributed by atoms with Crippen LogP contribution in [0.15, 0.2) is 65.6 Å². The van der Waals surface area contributed by atoms with E-state index in [4.69, 9.17) is 0 Å². The lowest BCUT2D eigenvalue weighted by Crippen LogP contribution is -2.29. The first kappa shape index (κ1) is 24.6. The van der Waals surface area contributed by atoms with Crippen molar-refractivity contribution in [3.05, 3.63) is 88.5 Å². The summed E-state index contributed by atoms with van der Waals surface area (Å²) in [6.45, 7) is 7.83. The van der Waals surface area contributed by atoms with Gasteiger partial charge in [-0.3, -0.25) is 9.52 Å². The minimum atomic E-state index is -3.70. The van der Waals surface area contributed by atoms with Crippen LogP contribution in [-0.4, -0.2) is 14.2 Å². The number of hydrogen-bond acceptors (Lipinski definition) is 4. The monoisotopic (exact) mass is 502 g/mol. The van der Waals surface area contributed by atoms with Crippen molar-refractivity contribution >= 4 is 27.2 Å². The third-order valence-electron chi connectivity index (χ3n) is 7.88. The summed E-state index contributed by atoms with van der Waals surface area (Å²) in [6, 6.07) is 19.2. The summed E-state index contributed by atoms with van der Waals surface area (Å²) < 4.78 is 29.2. The third-order valence-corrected chi connectivity index (χ3v) is 9.26. The lowest BCUT2D eigenvalue weighted by molar-refractivity contribution is 0.0939. The number of ketones is 1. The van der Waals surface area contributed by atoms with Crippen molar-refractivity contribution in [2.45, 2.75) is 63.8 Å². The molecule has 0 bridgehead atoms. The molecule has 36 heavy (non-hydrogen) atoms. The Labute approximate surface area is 214 Å². The van der Waals surface area contributed by atoms with Crippen molar-refractivity contribution in [3.63, 3.8) is 0 Å². The van der Waals surface area contributed by atoms with Crippen LogP contribution >= 0.6 is 0 Å². The molecule has 3 atom stereocenters. The van der Waals surface area contributed by atoms with E-state index in [2.05, 4.69) is 22.2 Å². The normalized spacial score (nSPS) is 21.0. The summed E-state index contributed by atoms with van der Waals surface area (Å²) in [5.74, 6) is 0.824. The first-order valence-corrected chi connectivity index (χ1v) is 14.3. The Morgan fingerprint density at radius 3 is 2.39 bits per heavy atom. The minimum Gasteiger partial charge on any atom is -0.378 e. The van der Waals surface area contributed by atoms with Gasteiger partial charge < -0.3 is 5.32 Å². The highest BCUT2D eigenvalue weighted by molar-refractivity contribution is 7.92. The van der Waals surface area contributed by atoms with Crippen molar-refractivity contribution < 1.29 is 13.2 Å². The van der Waals surface area contributed by atoms with E-state index in [9.17, 15) is 13.2 Å². The molecule has 3 aromatic carbocycles. The maximum absolute atomic E-state index is 13.2. The molecule has 0 spiro atoms. The fraction of sp³-hybridized carbons (Fsp3) is 0.367. The number of hydrogen-bond donors (Lipinski definition) is 2. The van der Waals surface area contributed by atoms with Crippen molar-refractivity contribution in [2.75, 3.05) is 10.0 Å². The van der Waals surface area contributed by atoms with Crippen molar-refractivity contribution in [1.29, 1.82) is 0 Å². The lowest BCUT2D eigenvalue weighted by Gasteiger charge is -2.38. The molecule has 2 N–H and O–H groups in total. The molecule has 0 saturated heterocycles. The molecular weight excluding hydrogens is 468 g/mol. The van der Waals surface area contributed by atoms with E-state index in [-0.39, 0.29) is 17.7 Å². The molecule has 1 aliphatic heterocycles. The number of nitrogens with one attached hydrogen (secondary N) is 2. The predicted molar refractivity (Wildman–Crippen MR) is 145 cm³/mol. The van der Waals surface area contributed by atoms with Crippen LogP contribution in [0.5, 0.6) is 0 Å². The second-order valence-electron chi connectivity index (χ2n) is 10.6. The Morgan fingerprint density at radius 1 is 0.944 bits per heavy atom. The number of anilines is 2. The summed E-state index contributed by atoms with van der Waals surface area (Å²) in [4.78, 5) is 12.7. The zero-order valence-corrected chi connectivity index (χ0v) is 22.2. The van der Waals surface area contributed by atoms with Crippen LogP contribution in [0.2, 0.25) is 0 Å². The molecule has 3 unspecified atom stereocenters. The van der Waals surface area contributed by atoms with E-state index in [1.54, 1.807) is 12.1 Å². The number of carbonyl (C=O) groups is 1. The number of fused-ring (bicyclic) bond motifs is 3. The number of Topliss-reactive ketones (excluding diaryl/α,β-unsaturated/α-hetero) is 1. The molecule has 1 heterocycles. The van der Waals surface area contributed by atoms with Crippen LogP contribution in [0.1, 0.15) is 77.7 Å². The Kier molecular flexibility index (Phi) is 6.41. The van der Waals surface area contributed by atoms with Crippen LogP contribution in [-0.2, 0) is 10.0 Å². The third kappa shape index (κ3) is 4.55. The fourth-order valence-corrected chi connectivity index (χ4v) is 6.82. The largest absolute Gasteiger partial charge is 0.378 e. The van der Waals surface area contributed by atoms with E-state index in [1.165, 1.54) is 5.56 Å². The number of sulfonamides is 1. The second kappa shape index (κ2) is 9.40. The highest BCUT2D eigenvalue weighted by Gasteiger charge is 2.40. The van der Waals surface area contributed by atoms with Crippen LogP contribution in [0.3, 0.4) is 0 Å². The number of carbonyl (C=O) groups excluding carboxylic acids is 1. The molecule has 0 radical (unpaired) electrons. The van der Waals surface area contributed by atoms with Gasteiger partial charge in [-0.1, -0.05) is 50.6 Å². The Morgan fingerprint density at radius 2 is 1.69 bits per heavy atom. The van der Waals surface area contributed by atoms with E-state index in [1.807, 2.05) is 64.1 Å². The fourth-order valence-electron chi connectivity index (χ4n) is 5.73. The average molecular weight is 503 g/mol. The van der Waals surface area contributed by atoms with Gasteiger partial charge in [-0.05, 0) is 91.1 Å². The topological polar surface area (TPSA) is 75.3 Å². The predicted octanol–water partition coefficient (Wildman–Crippen LogP) is 6.99. The highest BCUT2D eigenvalue weighted by atomic mass is 32.2. The zero-order chi connectivity index (χ0) is 25.6. The van der Waals surface area contributed by atoms with Crippen molar-refractivity contribution in [3.8, 4) is 0 Å². The van der Waals surface area contributed by atoms with E-state index in [0.29, 0.717) is 22.4 Å². The van der Waals surface area contributed by atoms with Crippen LogP contribution in [0.4, 0.5) is 11.4 Å². The number of aryl methyl sites for hydroxylation is 2. The zero-order valence-electron chi connectivity index (χ0n) is 21.3. The Balaban J connectivity index is 1.43. The van der Waals surface area contributed by atoms with Gasteiger partial charge in [0.05, 0.1) is 10.9 Å². The molecule has 3 aromatic rings. The smallest absolute Gasteiger partial charge is 0.261 e. The standard InChI is InChI=1S/C30H34N2O3S/c1-18(2)30(33)22-11-9-21(10-12-22)29-26-7-5-6-25(26)27-17-24(14-15-28(27)31-29)36(34,35)32-23-13-8-19(3)20(4)16-23/h8-18,25-26,29,31-32H,5-7H2,1-4H3. The molecule has 1 saturated carbocycles. The van der Waals surface area contributed by atoms with Crippen LogP contribution < -0.4 is 10.0 Å². The summed E-state index contributed by atoms with van der Waals surface area (Å²) in [7, 11) is -3.70. The van der Waals surface area contributed by atoms with Gasteiger partial charge >= 0.3 is 0 Å². The van der Waals surface area contributed by atoms with E-state index >= 15 is 0 Å². The molecule has 1 fully saturated rings. The SMILES string of the molecule is Cc1ccc(NS(=O)(=O)c2ccc3c(c2)C2CCCC2C(c2ccc(C(=O)C(C)C)cc2)N3)cc1C. The van der Waals surface area contributed by atoms with Crippen LogP contribution in [0, 0.1) is 25.7 Å². The van der Waals surface area contributed by atoms with E-state index in [0.717, 1.165) is 47.2 Å². The molecular formula is C30H34N2O3S. The second-order valence-corrected chi connectivity index (χ2v) is 12.3. The van der Waals surface area contributed by atoms with Gasteiger partial charge in [-0.25, -0.2) is 8.42 Å². The number of rotatable bonds is 6. The Bertz CT molecular complexity index is 1410. The van der Waals surface area contributed by atoms with Gasteiger partial charge in [0.25, 0.3) is 10.0 Å². The van der Waals surface area contributed by atoms with Gasteiger partial charge in [0.2, 0.25) is 0 Å². The summed E-state index contributed by atoms with van der Waals surface area (Å²) in [6.07, 6.45) is 3.26. The van der Waals surface area contributed by atoms with Crippen LogP contribution in [0.25, 0.3) is 0 Å². The maximum Gasteiger partial charge on any atom is 0.261 e. The summed E-state index contributed by atoms with van der Waals surface area (Å²) >= 11 is 0. The molecule has 6 heteroatoms. The average Bonchev–Trinajstić information content (AvgIpc) is 3.35. The van der Waals surface area contributed by atoms with Gasteiger partial charge in [0.15, 0.2) is 5.78 Å². The van der Waals surface area contributed by atoms with Crippen molar-refractivity contribution in [2.24, 2.45) is 11.8 Å².